The fourth-order valence-corrected chi connectivity index (χ4v) is 4.67. The second-order valence-corrected chi connectivity index (χ2v) is 9.18. The lowest BCUT2D eigenvalue weighted by Gasteiger charge is -2.30. The first-order valence-electron chi connectivity index (χ1n) is 10.9. The Morgan fingerprint density at radius 1 is 1.26 bits per heavy atom. The molecule has 0 radical (unpaired) electrons. The van der Waals surface area contributed by atoms with Crippen molar-refractivity contribution in [3.8, 4) is 5.75 Å². The minimum absolute atomic E-state index is 0.101. The van der Waals surface area contributed by atoms with Gasteiger partial charge in [-0.25, -0.2) is 0 Å². The first-order chi connectivity index (χ1) is 14.8. The molecule has 3 rings (SSSR count). The summed E-state index contributed by atoms with van der Waals surface area (Å²) in [5.41, 5.74) is 7.87. The number of aromatic hydroxyl groups is 1. The summed E-state index contributed by atoms with van der Waals surface area (Å²) in [6.45, 7) is 4.87. The average molecular weight is 464 g/mol. The standard InChI is InChI=1S/C24H31Cl2N3O2/c1-16(14-17-6-3-2-4-7-17)28-24(31)20-15-21(25)19(22(26)23(20)30)8-5-11-29-12-9-18(27)10-13-29/h2-4,6-7,15-16,18,30H,5,8-14,27H2,1H3,(H,28,31)/t16-/m1/s1. The molecule has 1 aliphatic rings. The van der Waals surface area contributed by atoms with Crippen LogP contribution in [0.4, 0.5) is 0 Å². The molecule has 2 aromatic rings. The Balaban J connectivity index is 1.60. The van der Waals surface area contributed by atoms with E-state index in [0.717, 1.165) is 44.5 Å². The van der Waals surface area contributed by atoms with E-state index in [0.29, 0.717) is 29.5 Å². The second kappa shape index (κ2) is 11.2. The second-order valence-electron chi connectivity index (χ2n) is 8.39. The summed E-state index contributed by atoms with van der Waals surface area (Å²) in [6.07, 6.45) is 4.24. The van der Waals surface area contributed by atoms with Gasteiger partial charge in [-0.15, -0.1) is 0 Å². The van der Waals surface area contributed by atoms with Crippen molar-refractivity contribution in [1.29, 1.82) is 0 Å². The van der Waals surface area contributed by atoms with Crippen LogP contribution in [0.2, 0.25) is 10.0 Å². The molecular formula is C24H31Cl2N3O2. The highest BCUT2D eigenvalue weighted by Crippen LogP contribution is 2.37. The SMILES string of the molecule is C[C@H](Cc1ccccc1)NC(=O)c1cc(Cl)c(CCCN2CCC(N)CC2)c(Cl)c1O. The Bertz CT molecular complexity index is 884. The summed E-state index contributed by atoms with van der Waals surface area (Å²) < 4.78 is 0. The van der Waals surface area contributed by atoms with E-state index in [-0.39, 0.29) is 28.3 Å². The van der Waals surface area contributed by atoms with Crippen molar-refractivity contribution in [2.45, 2.75) is 51.1 Å². The number of nitrogens with two attached hydrogens (primary N) is 1. The number of carbonyl (C=O) groups is 1. The van der Waals surface area contributed by atoms with Gasteiger partial charge in [0.05, 0.1) is 10.6 Å². The lowest BCUT2D eigenvalue weighted by Crippen LogP contribution is -2.40. The van der Waals surface area contributed by atoms with Gasteiger partial charge in [-0.2, -0.15) is 0 Å². The van der Waals surface area contributed by atoms with Crippen molar-refractivity contribution in [2.24, 2.45) is 5.73 Å². The van der Waals surface area contributed by atoms with Gasteiger partial charge in [0.1, 0.15) is 5.75 Å². The number of phenols is 1. The number of likely N-dealkylation sites (tertiary alicyclic amines) is 1. The van der Waals surface area contributed by atoms with Gasteiger partial charge in [0, 0.05) is 17.1 Å². The van der Waals surface area contributed by atoms with Gasteiger partial charge in [-0.1, -0.05) is 53.5 Å². The number of amides is 1. The van der Waals surface area contributed by atoms with E-state index in [2.05, 4.69) is 10.2 Å². The Labute approximate surface area is 194 Å². The van der Waals surface area contributed by atoms with Gasteiger partial charge in [-0.3, -0.25) is 4.79 Å². The molecule has 4 N–H and O–H groups in total. The van der Waals surface area contributed by atoms with E-state index < -0.39 is 0 Å². The number of nitrogens with one attached hydrogen (secondary N) is 1. The fraction of sp³-hybridized carbons (Fsp3) is 0.458. The normalized spacial score (nSPS) is 16.3. The summed E-state index contributed by atoms with van der Waals surface area (Å²) >= 11 is 12.9. The molecule has 0 unspecified atom stereocenters. The zero-order valence-corrected chi connectivity index (χ0v) is 19.4. The number of benzene rings is 2. The van der Waals surface area contributed by atoms with Crippen LogP contribution >= 0.6 is 23.2 Å². The molecule has 1 heterocycles. The Morgan fingerprint density at radius 2 is 1.94 bits per heavy atom. The predicted octanol–water partition coefficient (Wildman–Crippen LogP) is 4.42. The molecular weight excluding hydrogens is 433 g/mol. The molecule has 0 saturated carbocycles. The maximum Gasteiger partial charge on any atom is 0.255 e. The Hall–Kier alpha value is -1.79. The third-order valence-electron chi connectivity index (χ3n) is 5.83. The first kappa shape index (κ1) is 23.9. The van der Waals surface area contributed by atoms with Gasteiger partial charge in [-0.05, 0) is 75.9 Å². The van der Waals surface area contributed by atoms with Crippen molar-refractivity contribution < 1.29 is 9.90 Å². The van der Waals surface area contributed by atoms with E-state index in [4.69, 9.17) is 28.9 Å². The van der Waals surface area contributed by atoms with E-state index in [1.165, 1.54) is 6.07 Å². The number of hydrogen-bond donors (Lipinski definition) is 3. The lowest BCUT2D eigenvalue weighted by atomic mass is 10.0. The molecule has 0 bridgehead atoms. The summed E-state index contributed by atoms with van der Waals surface area (Å²) in [6, 6.07) is 11.6. The minimum atomic E-state index is -0.388. The van der Waals surface area contributed by atoms with Crippen LogP contribution in [-0.2, 0) is 12.8 Å². The molecule has 168 valence electrons. The summed E-state index contributed by atoms with van der Waals surface area (Å²) in [5, 5.41) is 14.1. The van der Waals surface area contributed by atoms with Gasteiger partial charge in [0.15, 0.2) is 0 Å². The number of nitrogens with zero attached hydrogens (tertiary/aromatic N) is 1. The van der Waals surface area contributed by atoms with Gasteiger partial charge in [0.2, 0.25) is 0 Å². The van der Waals surface area contributed by atoms with Crippen molar-refractivity contribution in [2.75, 3.05) is 19.6 Å². The number of rotatable bonds is 8. The molecule has 1 amide bonds. The van der Waals surface area contributed by atoms with Crippen LogP contribution < -0.4 is 11.1 Å². The van der Waals surface area contributed by atoms with Crippen molar-refractivity contribution in [3.63, 3.8) is 0 Å². The molecule has 0 aliphatic carbocycles. The van der Waals surface area contributed by atoms with E-state index >= 15 is 0 Å². The highest BCUT2D eigenvalue weighted by molar-refractivity contribution is 6.37. The molecule has 7 heteroatoms. The first-order valence-corrected chi connectivity index (χ1v) is 11.6. The lowest BCUT2D eigenvalue weighted by molar-refractivity contribution is 0.0937. The van der Waals surface area contributed by atoms with Crippen LogP contribution in [-0.4, -0.2) is 47.6 Å². The van der Waals surface area contributed by atoms with Gasteiger partial charge < -0.3 is 21.1 Å². The van der Waals surface area contributed by atoms with Crippen LogP contribution in [0.1, 0.15) is 47.7 Å². The molecule has 5 nitrogen and oxygen atoms in total. The maximum atomic E-state index is 12.7. The number of phenolic OH excluding ortho intramolecular Hbond substituents is 1. The maximum absolute atomic E-state index is 12.7. The Kier molecular flexibility index (Phi) is 8.61. The number of halogens is 2. The van der Waals surface area contributed by atoms with Crippen molar-refractivity contribution >= 4 is 29.1 Å². The highest BCUT2D eigenvalue weighted by Gasteiger charge is 2.22. The quantitative estimate of drug-likeness (QED) is 0.541. The van der Waals surface area contributed by atoms with Crippen molar-refractivity contribution in [1.82, 2.24) is 10.2 Å². The molecule has 1 saturated heterocycles. The molecule has 31 heavy (non-hydrogen) atoms. The smallest absolute Gasteiger partial charge is 0.255 e. The number of carbonyl (C=O) groups excluding carboxylic acids is 1. The third-order valence-corrected chi connectivity index (χ3v) is 6.57. The summed E-state index contributed by atoms with van der Waals surface area (Å²) in [4.78, 5) is 15.1. The molecule has 2 aromatic carbocycles. The van der Waals surface area contributed by atoms with E-state index in [1.54, 1.807) is 0 Å². The molecule has 1 aliphatic heterocycles. The van der Waals surface area contributed by atoms with Crippen LogP contribution in [0.25, 0.3) is 0 Å². The molecule has 0 spiro atoms. The number of hydrogen-bond acceptors (Lipinski definition) is 4. The average Bonchev–Trinajstić information content (AvgIpc) is 2.75. The molecule has 1 fully saturated rings. The van der Waals surface area contributed by atoms with E-state index in [1.807, 2.05) is 37.3 Å². The van der Waals surface area contributed by atoms with Gasteiger partial charge in [0.25, 0.3) is 5.91 Å². The Morgan fingerprint density at radius 3 is 2.61 bits per heavy atom. The zero-order chi connectivity index (χ0) is 22.4. The monoisotopic (exact) mass is 463 g/mol. The van der Waals surface area contributed by atoms with Crippen LogP contribution in [0.5, 0.6) is 5.75 Å². The minimum Gasteiger partial charge on any atom is -0.506 e. The summed E-state index contributed by atoms with van der Waals surface area (Å²) in [5.74, 6) is -0.602. The molecule has 0 aromatic heterocycles. The molecule has 1 atom stereocenters. The topological polar surface area (TPSA) is 78.6 Å². The number of piperidine rings is 1. The van der Waals surface area contributed by atoms with Crippen molar-refractivity contribution in [3.05, 3.63) is 63.1 Å². The summed E-state index contributed by atoms with van der Waals surface area (Å²) in [7, 11) is 0. The van der Waals surface area contributed by atoms with Crippen LogP contribution in [0.3, 0.4) is 0 Å². The van der Waals surface area contributed by atoms with E-state index in [9.17, 15) is 9.90 Å². The third kappa shape index (κ3) is 6.59. The van der Waals surface area contributed by atoms with Gasteiger partial charge >= 0.3 is 0 Å². The van der Waals surface area contributed by atoms with Crippen LogP contribution in [0, 0.1) is 0 Å². The fourth-order valence-electron chi connectivity index (χ4n) is 4.03. The highest BCUT2D eigenvalue weighted by atomic mass is 35.5. The zero-order valence-electron chi connectivity index (χ0n) is 17.9. The van der Waals surface area contributed by atoms with Crippen LogP contribution in [0.15, 0.2) is 36.4 Å². The largest absolute Gasteiger partial charge is 0.506 e. The predicted molar refractivity (Wildman–Crippen MR) is 127 cm³/mol.